The predicted molar refractivity (Wildman–Crippen MR) is 85.2 cm³/mol. The molecule has 3 aromatic heterocycles. The lowest BCUT2D eigenvalue weighted by Crippen LogP contribution is -2.24. The molecule has 0 bridgehead atoms. The monoisotopic (exact) mass is 297 g/mol. The van der Waals surface area contributed by atoms with E-state index in [0.29, 0.717) is 6.54 Å². The zero-order valence-electron chi connectivity index (χ0n) is 12.7. The van der Waals surface area contributed by atoms with Crippen LogP contribution in [0.1, 0.15) is 19.5 Å². The zero-order valence-corrected chi connectivity index (χ0v) is 12.7. The summed E-state index contributed by atoms with van der Waals surface area (Å²) >= 11 is 0. The van der Waals surface area contributed by atoms with Crippen LogP contribution in [0.15, 0.2) is 42.9 Å². The summed E-state index contributed by atoms with van der Waals surface area (Å²) in [5, 5.41) is 7.68. The lowest BCUT2D eigenvalue weighted by molar-refractivity contribution is 0.233. The van der Waals surface area contributed by atoms with Crippen molar-refractivity contribution in [2.75, 3.05) is 11.9 Å². The number of aromatic nitrogens is 4. The maximum absolute atomic E-state index is 5.82. The van der Waals surface area contributed by atoms with E-state index in [0.717, 1.165) is 29.3 Å². The minimum absolute atomic E-state index is 0.00746. The fraction of sp³-hybridized carbons (Fsp3) is 0.312. The highest BCUT2D eigenvalue weighted by Crippen LogP contribution is 2.14. The van der Waals surface area contributed by atoms with Gasteiger partial charge in [0.1, 0.15) is 17.7 Å². The first-order valence-corrected chi connectivity index (χ1v) is 7.40. The van der Waals surface area contributed by atoms with E-state index in [1.165, 1.54) is 0 Å². The molecule has 0 aliphatic carbocycles. The quantitative estimate of drug-likeness (QED) is 0.757. The molecule has 0 amide bonds. The Morgan fingerprint density at radius 1 is 1.32 bits per heavy atom. The van der Waals surface area contributed by atoms with Crippen LogP contribution in [0, 0.1) is 0 Å². The Morgan fingerprint density at radius 3 is 3.00 bits per heavy atom. The van der Waals surface area contributed by atoms with E-state index in [1.54, 1.807) is 23.1 Å². The number of aryl methyl sites for hydroxylation is 1. The normalized spacial score (nSPS) is 12.3. The number of nitrogens with zero attached hydrogens (tertiary/aromatic N) is 4. The van der Waals surface area contributed by atoms with Crippen molar-refractivity contribution in [1.82, 2.24) is 19.6 Å². The summed E-state index contributed by atoms with van der Waals surface area (Å²) in [4.78, 5) is 8.58. The molecule has 0 radical (unpaired) electrons. The van der Waals surface area contributed by atoms with Gasteiger partial charge in [-0.3, -0.25) is 4.98 Å². The molecule has 22 heavy (non-hydrogen) atoms. The lowest BCUT2D eigenvalue weighted by atomic mass is 10.3. The van der Waals surface area contributed by atoms with Crippen molar-refractivity contribution < 1.29 is 4.74 Å². The average molecular weight is 297 g/mol. The highest BCUT2D eigenvalue weighted by molar-refractivity contribution is 5.49. The number of rotatable bonds is 6. The molecule has 0 aromatic carbocycles. The van der Waals surface area contributed by atoms with Crippen molar-refractivity contribution in [3.8, 4) is 5.75 Å². The van der Waals surface area contributed by atoms with Crippen LogP contribution in [0.2, 0.25) is 0 Å². The second kappa shape index (κ2) is 6.43. The first-order valence-electron chi connectivity index (χ1n) is 7.40. The van der Waals surface area contributed by atoms with Crippen LogP contribution in [0.4, 0.5) is 5.82 Å². The van der Waals surface area contributed by atoms with Gasteiger partial charge in [-0.25, -0.2) is 4.98 Å². The van der Waals surface area contributed by atoms with Crippen molar-refractivity contribution in [3.05, 3.63) is 48.5 Å². The van der Waals surface area contributed by atoms with Crippen molar-refractivity contribution >= 4 is 11.5 Å². The van der Waals surface area contributed by atoms with Crippen molar-refractivity contribution in [2.45, 2.75) is 26.4 Å². The third-order valence-corrected chi connectivity index (χ3v) is 3.32. The summed E-state index contributed by atoms with van der Waals surface area (Å²) in [6.45, 7) is 4.77. The Morgan fingerprint density at radius 2 is 2.23 bits per heavy atom. The topological polar surface area (TPSA) is 64.3 Å². The lowest BCUT2D eigenvalue weighted by Gasteiger charge is -2.16. The average Bonchev–Trinajstić information content (AvgIpc) is 3.02. The fourth-order valence-corrected chi connectivity index (χ4v) is 2.21. The van der Waals surface area contributed by atoms with Crippen molar-refractivity contribution in [2.24, 2.45) is 0 Å². The van der Waals surface area contributed by atoms with Gasteiger partial charge < -0.3 is 10.1 Å². The molecule has 1 atom stereocenters. The Bertz CT molecular complexity index is 741. The molecular formula is C16H19N5O. The molecule has 1 N–H and O–H groups in total. The van der Waals surface area contributed by atoms with E-state index in [-0.39, 0.29) is 6.10 Å². The van der Waals surface area contributed by atoms with Gasteiger partial charge in [-0.05, 0) is 25.5 Å². The molecule has 0 unspecified atom stereocenters. The predicted octanol–water partition coefficient (Wildman–Crippen LogP) is 2.57. The molecule has 0 spiro atoms. The maximum Gasteiger partial charge on any atom is 0.157 e. The molecule has 3 aromatic rings. The van der Waals surface area contributed by atoms with Gasteiger partial charge in [0.25, 0.3) is 0 Å². The number of hydrogen-bond donors (Lipinski definition) is 1. The molecule has 114 valence electrons. The van der Waals surface area contributed by atoms with Crippen molar-refractivity contribution in [1.29, 1.82) is 0 Å². The van der Waals surface area contributed by atoms with Crippen LogP contribution < -0.4 is 10.1 Å². The van der Waals surface area contributed by atoms with E-state index in [4.69, 9.17) is 4.74 Å². The summed E-state index contributed by atoms with van der Waals surface area (Å²) < 4.78 is 7.62. The van der Waals surface area contributed by atoms with Crippen molar-refractivity contribution in [3.63, 3.8) is 0 Å². The Kier molecular flexibility index (Phi) is 4.18. The highest BCUT2D eigenvalue weighted by atomic mass is 16.5. The molecule has 3 rings (SSSR count). The number of nitrogens with one attached hydrogen (secondary N) is 1. The molecule has 0 fully saturated rings. The van der Waals surface area contributed by atoms with Gasteiger partial charge in [-0.1, -0.05) is 6.92 Å². The standard InChI is InChI=1S/C16H19N5O/c1-3-13-9-16(21-15(20-13)6-8-19-21)18-10-12(2)22-14-5-4-7-17-11-14/h4-9,11-12,18H,3,10H2,1-2H3/t12-/m1/s1. The van der Waals surface area contributed by atoms with Crippen LogP contribution in [0.5, 0.6) is 5.75 Å². The molecule has 0 saturated heterocycles. The van der Waals surface area contributed by atoms with Gasteiger partial charge in [0.15, 0.2) is 5.65 Å². The molecule has 0 aliphatic heterocycles. The second-order valence-electron chi connectivity index (χ2n) is 5.09. The SMILES string of the molecule is CCc1cc(NC[C@@H](C)Oc2cccnc2)n2nccc2n1. The number of pyridine rings is 1. The molecule has 0 saturated carbocycles. The second-order valence-corrected chi connectivity index (χ2v) is 5.09. The smallest absolute Gasteiger partial charge is 0.157 e. The minimum Gasteiger partial charge on any atom is -0.487 e. The molecule has 0 aliphatic rings. The Labute approximate surface area is 129 Å². The van der Waals surface area contributed by atoms with Gasteiger partial charge in [-0.2, -0.15) is 9.61 Å². The number of hydrogen-bond acceptors (Lipinski definition) is 5. The third-order valence-electron chi connectivity index (χ3n) is 3.32. The van der Waals surface area contributed by atoms with Crippen LogP contribution in [0.3, 0.4) is 0 Å². The first-order chi connectivity index (χ1) is 10.8. The number of anilines is 1. The van der Waals surface area contributed by atoms with Crippen LogP contribution in [-0.2, 0) is 6.42 Å². The Hall–Kier alpha value is -2.63. The maximum atomic E-state index is 5.82. The van der Waals surface area contributed by atoms with E-state index in [1.807, 2.05) is 31.2 Å². The first kappa shape index (κ1) is 14.3. The molecule has 6 nitrogen and oxygen atoms in total. The summed E-state index contributed by atoms with van der Waals surface area (Å²) in [5.41, 5.74) is 1.89. The fourth-order valence-electron chi connectivity index (χ4n) is 2.21. The van der Waals surface area contributed by atoms with E-state index < -0.39 is 0 Å². The number of fused-ring (bicyclic) bond motifs is 1. The zero-order chi connectivity index (χ0) is 15.4. The summed E-state index contributed by atoms with van der Waals surface area (Å²) in [6.07, 6.45) is 6.09. The summed E-state index contributed by atoms with van der Waals surface area (Å²) in [5.74, 6) is 1.69. The summed E-state index contributed by atoms with van der Waals surface area (Å²) in [6, 6.07) is 7.69. The van der Waals surface area contributed by atoms with E-state index in [9.17, 15) is 0 Å². The van der Waals surface area contributed by atoms with Gasteiger partial charge >= 0.3 is 0 Å². The van der Waals surface area contributed by atoms with Gasteiger partial charge in [-0.15, -0.1) is 0 Å². The largest absolute Gasteiger partial charge is 0.487 e. The van der Waals surface area contributed by atoms with E-state index in [2.05, 4.69) is 27.3 Å². The van der Waals surface area contributed by atoms with Gasteiger partial charge in [0.2, 0.25) is 0 Å². The molecule has 6 heteroatoms. The van der Waals surface area contributed by atoms with Gasteiger partial charge in [0.05, 0.1) is 18.9 Å². The van der Waals surface area contributed by atoms with E-state index >= 15 is 0 Å². The summed E-state index contributed by atoms with van der Waals surface area (Å²) in [7, 11) is 0. The van der Waals surface area contributed by atoms with Crippen LogP contribution in [0.25, 0.3) is 5.65 Å². The highest BCUT2D eigenvalue weighted by Gasteiger charge is 2.08. The number of ether oxygens (including phenoxy) is 1. The van der Waals surface area contributed by atoms with Gasteiger partial charge in [0, 0.05) is 24.0 Å². The van der Waals surface area contributed by atoms with Crippen LogP contribution >= 0.6 is 0 Å². The Balaban J connectivity index is 1.69. The minimum atomic E-state index is 0.00746. The third kappa shape index (κ3) is 3.16. The molecular weight excluding hydrogens is 278 g/mol. The molecule has 3 heterocycles. The van der Waals surface area contributed by atoms with Crippen LogP contribution in [-0.4, -0.2) is 32.2 Å².